The number of carbonyl (C=O) groups is 3. The first-order valence-corrected chi connectivity index (χ1v) is 29.1. The minimum atomic E-state index is -2.63. The second kappa shape index (κ2) is 33.6. The summed E-state index contributed by atoms with van der Waals surface area (Å²) in [7, 11) is 0. The molecule has 5 aromatic carbocycles. The largest absolute Gasteiger partial charge is 0.489 e. The molecule has 6 aromatic rings. The molecule has 0 bridgehead atoms. The van der Waals surface area contributed by atoms with Gasteiger partial charge < -0.3 is 43.2 Å². The molecule has 0 aliphatic carbocycles. The highest BCUT2D eigenvalue weighted by Gasteiger charge is 2.42. The molecule has 0 fully saturated rings. The van der Waals surface area contributed by atoms with Gasteiger partial charge in [-0.05, 0) is 148 Å². The summed E-state index contributed by atoms with van der Waals surface area (Å²) in [5, 5.41) is 39.4. The maximum absolute atomic E-state index is 13.7. The van der Waals surface area contributed by atoms with Crippen molar-refractivity contribution < 1.29 is 79.0 Å². The Morgan fingerprint density at radius 1 is 0.626 bits per heavy atom. The predicted molar refractivity (Wildman–Crippen MR) is 328 cm³/mol. The SMILES string of the molecule is CCN(CCCCCCOC(=O)c1ccccc1C(=O)O)c1ccc(/C=C/C=C/c2ccc(/C=C/C3=C(C#N)C(=C(C#N)C#N)OC3(C)CCCOC(=O)c3cc(OCc4ccc(OC(F)=C(F)F)cc4)cc(OCc4ccc(OC(F)=C(F)F)cc4)c3)s2)cc1. The number of ether oxygens (including phenoxy) is 7. The number of benzene rings is 5. The van der Waals surface area contributed by atoms with Crippen molar-refractivity contribution in [1.82, 2.24) is 0 Å². The second-order valence-electron chi connectivity index (χ2n) is 20.1. The fraction of sp³-hybridized carbons (Fsp3) is 0.217. The highest BCUT2D eigenvalue weighted by molar-refractivity contribution is 7.13. The van der Waals surface area contributed by atoms with Crippen molar-refractivity contribution in [2.45, 2.75) is 71.2 Å². The number of halogens is 6. The lowest BCUT2D eigenvalue weighted by Gasteiger charge is -2.26. The molecule has 1 N–H and O–H groups in total. The minimum absolute atomic E-state index is 0.00435. The van der Waals surface area contributed by atoms with Crippen molar-refractivity contribution in [3.8, 4) is 41.2 Å². The molecule has 91 heavy (non-hydrogen) atoms. The molecule has 1 aromatic heterocycles. The van der Waals surface area contributed by atoms with Gasteiger partial charge in [-0.15, -0.1) is 11.3 Å². The van der Waals surface area contributed by atoms with Crippen LogP contribution in [-0.2, 0) is 27.4 Å². The Labute approximate surface area is 524 Å². The number of hydrogen-bond donors (Lipinski definition) is 1. The number of unbranched alkanes of at least 4 members (excludes halogenated alkanes) is 3. The number of rotatable bonds is 31. The molecule has 0 radical (unpaired) electrons. The zero-order chi connectivity index (χ0) is 65.3. The fourth-order valence-corrected chi connectivity index (χ4v) is 9.99. The number of thiophene rings is 1. The molecule has 1 unspecified atom stereocenters. The third kappa shape index (κ3) is 19.9. The maximum atomic E-state index is 13.7. The molecule has 2 heterocycles. The third-order valence-electron chi connectivity index (χ3n) is 13.8. The maximum Gasteiger partial charge on any atom is 0.344 e. The third-order valence-corrected chi connectivity index (χ3v) is 14.8. The van der Waals surface area contributed by atoms with E-state index < -0.39 is 53.3 Å². The molecular weight excluding hydrogens is 1210 g/mol. The minimum Gasteiger partial charge on any atom is -0.489 e. The molecule has 1 aliphatic heterocycles. The molecule has 1 aliphatic rings. The van der Waals surface area contributed by atoms with Gasteiger partial charge in [0.05, 0.1) is 29.9 Å². The van der Waals surface area contributed by atoms with E-state index in [-0.39, 0.29) is 90.3 Å². The Kier molecular flexibility index (Phi) is 25.0. The summed E-state index contributed by atoms with van der Waals surface area (Å²) in [4.78, 5) is 41.6. The summed E-state index contributed by atoms with van der Waals surface area (Å²) >= 11 is 1.48. The summed E-state index contributed by atoms with van der Waals surface area (Å²) in [6.45, 7) is 5.26. The Bertz CT molecular complexity index is 3820. The first-order valence-electron chi connectivity index (χ1n) is 28.3. The van der Waals surface area contributed by atoms with Crippen LogP contribution in [0.25, 0.3) is 18.2 Å². The van der Waals surface area contributed by atoms with Crippen molar-refractivity contribution in [3.05, 3.63) is 235 Å². The Hall–Kier alpha value is -10.8. The van der Waals surface area contributed by atoms with Gasteiger partial charge in [-0.25, -0.2) is 14.4 Å². The van der Waals surface area contributed by atoms with Crippen LogP contribution >= 0.6 is 11.3 Å². The molecule has 468 valence electrons. The highest BCUT2D eigenvalue weighted by atomic mass is 32.1. The smallest absolute Gasteiger partial charge is 0.344 e. The zero-order valence-corrected chi connectivity index (χ0v) is 49.9. The Morgan fingerprint density at radius 3 is 1.74 bits per heavy atom. The summed E-state index contributed by atoms with van der Waals surface area (Å²) in [5.41, 5.74) is 1.76. The van der Waals surface area contributed by atoms with Crippen LogP contribution in [0.15, 0.2) is 192 Å². The van der Waals surface area contributed by atoms with Crippen molar-refractivity contribution in [1.29, 1.82) is 15.8 Å². The van der Waals surface area contributed by atoms with Gasteiger partial charge in [0.2, 0.25) is 0 Å². The number of nitrogens with zero attached hydrogens (tertiary/aromatic N) is 4. The quantitative estimate of drug-likeness (QED) is 0.0107. The molecule has 0 amide bonds. The average molecular weight is 1270 g/mol. The highest BCUT2D eigenvalue weighted by Crippen LogP contribution is 2.44. The van der Waals surface area contributed by atoms with Gasteiger partial charge in [0, 0.05) is 40.2 Å². The Morgan fingerprint density at radius 2 is 1.18 bits per heavy atom. The van der Waals surface area contributed by atoms with E-state index >= 15 is 0 Å². The number of aromatic carboxylic acids is 1. The van der Waals surface area contributed by atoms with Crippen LogP contribution in [0.1, 0.15) is 110 Å². The number of carboxylic acid groups (broad SMARTS) is 1. The van der Waals surface area contributed by atoms with E-state index in [0.29, 0.717) is 23.1 Å². The van der Waals surface area contributed by atoms with Crippen LogP contribution in [0.5, 0.6) is 23.0 Å². The summed E-state index contributed by atoms with van der Waals surface area (Å²) in [6.07, 6.45) is 9.78. The molecular formula is C69H58F6N4O11S. The molecule has 22 heteroatoms. The van der Waals surface area contributed by atoms with E-state index in [0.717, 1.165) is 53.4 Å². The number of nitriles is 3. The summed E-state index contributed by atoms with van der Waals surface area (Å²) in [6, 6.07) is 34.6. The van der Waals surface area contributed by atoms with Crippen LogP contribution in [0, 0.1) is 34.0 Å². The molecule has 0 saturated carbocycles. The van der Waals surface area contributed by atoms with E-state index in [1.807, 2.05) is 48.6 Å². The monoisotopic (exact) mass is 1260 g/mol. The van der Waals surface area contributed by atoms with Gasteiger partial charge in [0.15, 0.2) is 11.3 Å². The van der Waals surface area contributed by atoms with Crippen molar-refractivity contribution in [3.63, 3.8) is 0 Å². The van der Waals surface area contributed by atoms with Crippen molar-refractivity contribution >= 4 is 53.2 Å². The summed E-state index contributed by atoms with van der Waals surface area (Å²) < 4.78 is 115. The van der Waals surface area contributed by atoms with Crippen LogP contribution in [0.2, 0.25) is 0 Å². The zero-order valence-electron chi connectivity index (χ0n) is 49.1. The van der Waals surface area contributed by atoms with E-state index in [1.165, 1.54) is 90.2 Å². The molecule has 15 nitrogen and oxygen atoms in total. The van der Waals surface area contributed by atoms with Gasteiger partial charge >= 0.3 is 42.1 Å². The first-order chi connectivity index (χ1) is 43.9. The molecule has 0 saturated heterocycles. The average Bonchev–Trinajstić information content (AvgIpc) is 1.67. The fourth-order valence-electron chi connectivity index (χ4n) is 9.16. The van der Waals surface area contributed by atoms with E-state index in [4.69, 9.17) is 23.7 Å². The number of anilines is 1. The van der Waals surface area contributed by atoms with Crippen LogP contribution < -0.4 is 23.8 Å². The number of carboxylic acids is 1. The van der Waals surface area contributed by atoms with E-state index in [9.17, 15) is 61.6 Å². The van der Waals surface area contributed by atoms with Gasteiger partial charge in [-0.1, -0.05) is 79.3 Å². The topological polar surface area (TPSA) is 211 Å². The van der Waals surface area contributed by atoms with Gasteiger partial charge in [0.1, 0.15) is 65.6 Å². The first kappa shape index (κ1) is 67.7. The predicted octanol–water partition coefficient (Wildman–Crippen LogP) is 17.0. The Balaban J connectivity index is 0.937. The standard InChI is InChI=1S/C69H58F6N4O11S/c1-3-79(34-10-4-5-11-35-85-68(83)58-16-9-8-15-57(58)66(80)81)50-23-17-45(18-24-50)13-6-7-14-55-29-30-56(91-55)31-32-60-59(42-78)61(49(40-76)41-77)90-69(60,2)33-12-36-84-67(82)48-37-53(86-43-46-19-25-51(26-20-46)88-64(74)62(70)71)39-54(38-48)87-44-47-21-27-52(28-22-47)89-65(75)63(72)73/h6-9,13-32,37-39H,3-5,10-12,33-36,43-44H2,1-2H3,(H,80,81)/b13-6+,14-7+,32-31+. The lowest BCUT2D eigenvalue weighted by Crippen LogP contribution is -2.27. The van der Waals surface area contributed by atoms with Crippen molar-refractivity contribution in [2.75, 3.05) is 31.2 Å². The number of carbonyl (C=O) groups excluding carboxylic acids is 2. The van der Waals surface area contributed by atoms with Crippen molar-refractivity contribution in [2.24, 2.45) is 0 Å². The van der Waals surface area contributed by atoms with Crippen LogP contribution in [0.4, 0.5) is 32.0 Å². The normalized spacial score (nSPS) is 13.4. The van der Waals surface area contributed by atoms with Gasteiger partial charge in [-0.3, -0.25) is 0 Å². The number of hydrogen-bond acceptors (Lipinski definition) is 15. The second-order valence-corrected chi connectivity index (χ2v) is 21.2. The lowest BCUT2D eigenvalue weighted by molar-refractivity contribution is 0.0392. The van der Waals surface area contributed by atoms with E-state index in [2.05, 4.69) is 39.5 Å². The molecule has 0 spiro atoms. The van der Waals surface area contributed by atoms with Crippen LogP contribution in [-0.4, -0.2) is 54.9 Å². The van der Waals surface area contributed by atoms with E-state index in [1.54, 1.807) is 43.3 Å². The van der Waals surface area contributed by atoms with Gasteiger partial charge in [-0.2, -0.15) is 42.1 Å². The molecule has 7 rings (SSSR count). The van der Waals surface area contributed by atoms with Gasteiger partial charge in [0.25, 0.3) is 0 Å². The lowest BCUT2D eigenvalue weighted by atomic mass is 9.89. The number of esters is 2. The number of allylic oxidation sites excluding steroid dienone is 4. The summed E-state index contributed by atoms with van der Waals surface area (Å²) in [5.74, 6) is -2.97. The molecule has 1 atom stereocenters. The van der Waals surface area contributed by atoms with Crippen LogP contribution in [0.3, 0.4) is 0 Å².